The Morgan fingerprint density at radius 2 is 1.74 bits per heavy atom. The summed E-state index contributed by atoms with van der Waals surface area (Å²) in [6, 6.07) is 0. The number of aliphatic carboxylic acids is 1. The molecule has 0 radical (unpaired) electrons. The number of hydrogen-bond acceptors (Lipinski definition) is 4. The normalized spacial score (nSPS) is 36.5. The van der Waals surface area contributed by atoms with Gasteiger partial charge >= 0.3 is 5.97 Å². The van der Waals surface area contributed by atoms with E-state index in [1.165, 1.54) is 0 Å². The van der Waals surface area contributed by atoms with Gasteiger partial charge < -0.3 is 14.6 Å². The summed E-state index contributed by atoms with van der Waals surface area (Å²) >= 11 is 0. The Morgan fingerprint density at radius 3 is 2.21 bits per heavy atom. The van der Waals surface area contributed by atoms with Crippen LogP contribution >= 0.6 is 0 Å². The van der Waals surface area contributed by atoms with Gasteiger partial charge in [0.1, 0.15) is 0 Å². The molecule has 2 heterocycles. The van der Waals surface area contributed by atoms with Crippen molar-refractivity contribution >= 4 is 5.97 Å². The van der Waals surface area contributed by atoms with E-state index in [1.54, 1.807) is 0 Å². The smallest absolute Gasteiger partial charge is 0.332 e. The first-order valence-electron chi connectivity index (χ1n) is 7.38. The highest BCUT2D eigenvalue weighted by Crippen LogP contribution is 2.23. The lowest BCUT2D eigenvalue weighted by molar-refractivity contribution is -0.150. The molecule has 5 heteroatoms. The van der Waals surface area contributed by atoms with Crippen LogP contribution in [0.5, 0.6) is 0 Å². The van der Waals surface area contributed by atoms with E-state index in [0.29, 0.717) is 18.6 Å². The average Bonchev–Trinajstić information content (AvgIpc) is 2.87. The van der Waals surface area contributed by atoms with Crippen LogP contribution in [0.25, 0.3) is 0 Å². The predicted octanol–water partition coefficient (Wildman–Crippen LogP) is 1.51. The van der Waals surface area contributed by atoms with Crippen molar-refractivity contribution in [2.75, 3.05) is 19.6 Å². The van der Waals surface area contributed by atoms with Crippen molar-refractivity contribution in [3.8, 4) is 0 Å². The minimum atomic E-state index is -0.831. The number of morpholine rings is 1. The second-order valence-corrected chi connectivity index (χ2v) is 5.58. The second-order valence-electron chi connectivity index (χ2n) is 5.58. The quantitative estimate of drug-likeness (QED) is 0.821. The van der Waals surface area contributed by atoms with Crippen molar-refractivity contribution in [2.24, 2.45) is 0 Å². The second kappa shape index (κ2) is 6.68. The molecule has 0 amide bonds. The molecule has 0 aliphatic carbocycles. The Morgan fingerprint density at radius 1 is 1.11 bits per heavy atom. The van der Waals surface area contributed by atoms with E-state index >= 15 is 0 Å². The molecule has 0 saturated carbocycles. The van der Waals surface area contributed by atoms with E-state index in [2.05, 4.69) is 18.7 Å². The van der Waals surface area contributed by atoms with Crippen LogP contribution in [0.3, 0.4) is 0 Å². The average molecular weight is 271 g/mol. The van der Waals surface area contributed by atoms with E-state index in [1.807, 2.05) is 0 Å². The van der Waals surface area contributed by atoms with Crippen LogP contribution in [-0.4, -0.2) is 60.0 Å². The van der Waals surface area contributed by atoms with E-state index in [-0.39, 0.29) is 6.10 Å². The van der Waals surface area contributed by atoms with Crippen LogP contribution in [0.1, 0.15) is 39.5 Å². The van der Waals surface area contributed by atoms with Crippen LogP contribution in [-0.2, 0) is 14.3 Å². The molecule has 4 atom stereocenters. The number of carbonyl (C=O) groups is 1. The number of carboxylic acids is 1. The molecule has 2 rings (SSSR count). The molecule has 0 spiro atoms. The molecule has 0 bridgehead atoms. The molecular formula is C14H25NO4. The van der Waals surface area contributed by atoms with Crippen LogP contribution in [0, 0.1) is 0 Å². The van der Waals surface area contributed by atoms with E-state index in [4.69, 9.17) is 14.6 Å². The van der Waals surface area contributed by atoms with Crippen molar-refractivity contribution < 1.29 is 19.4 Å². The largest absolute Gasteiger partial charge is 0.479 e. The first-order valence-corrected chi connectivity index (χ1v) is 7.38. The Kier molecular flexibility index (Phi) is 5.19. The predicted molar refractivity (Wildman–Crippen MR) is 71.2 cm³/mol. The van der Waals surface area contributed by atoms with Crippen molar-refractivity contribution in [1.82, 2.24) is 4.90 Å². The molecule has 1 N–H and O–H groups in total. The summed E-state index contributed by atoms with van der Waals surface area (Å²) in [6.07, 6.45) is 3.60. The summed E-state index contributed by atoms with van der Waals surface area (Å²) in [5, 5.41) is 8.94. The van der Waals surface area contributed by atoms with Crippen molar-refractivity contribution in [3.63, 3.8) is 0 Å². The summed E-state index contributed by atoms with van der Waals surface area (Å²) in [5.41, 5.74) is 0. The van der Waals surface area contributed by atoms with Crippen LogP contribution in [0.2, 0.25) is 0 Å². The standard InChI is InChI=1S/C14H25NO4/c1-3-10-7-15(8-11(4-2)18-10)9-12-5-6-13(19-12)14(16)17/h10-13H,3-9H2,1-2H3,(H,16,17)/t10?,11?,12-,13+/m0/s1. The number of nitrogens with zero attached hydrogens (tertiary/aromatic N) is 1. The van der Waals surface area contributed by atoms with E-state index in [9.17, 15) is 4.79 Å². The van der Waals surface area contributed by atoms with Gasteiger partial charge in [0.2, 0.25) is 0 Å². The lowest BCUT2D eigenvalue weighted by Gasteiger charge is -2.38. The van der Waals surface area contributed by atoms with Crippen molar-refractivity contribution in [1.29, 1.82) is 0 Å². The highest BCUT2D eigenvalue weighted by atomic mass is 16.5. The zero-order chi connectivity index (χ0) is 13.8. The molecule has 2 aliphatic rings. The molecule has 0 aromatic rings. The van der Waals surface area contributed by atoms with Gasteiger partial charge in [-0.2, -0.15) is 0 Å². The van der Waals surface area contributed by atoms with Gasteiger partial charge in [-0.05, 0) is 25.7 Å². The number of carboxylic acid groups (broad SMARTS) is 1. The molecule has 2 fully saturated rings. The Balaban J connectivity index is 1.83. The van der Waals surface area contributed by atoms with E-state index < -0.39 is 12.1 Å². The van der Waals surface area contributed by atoms with Crippen molar-refractivity contribution in [3.05, 3.63) is 0 Å². The Bertz CT molecular complexity index is 298. The third-order valence-corrected chi connectivity index (χ3v) is 4.06. The van der Waals surface area contributed by atoms with Gasteiger partial charge in [0.05, 0.1) is 18.3 Å². The summed E-state index contributed by atoms with van der Waals surface area (Å²) in [4.78, 5) is 13.3. The summed E-state index contributed by atoms with van der Waals surface area (Å²) < 4.78 is 11.5. The molecule has 5 nitrogen and oxygen atoms in total. The summed E-state index contributed by atoms with van der Waals surface area (Å²) in [5.74, 6) is -0.831. The minimum absolute atomic E-state index is 0.0641. The number of ether oxygens (including phenoxy) is 2. The molecule has 0 aromatic carbocycles. The topological polar surface area (TPSA) is 59.0 Å². The first kappa shape index (κ1) is 14.8. The first-order chi connectivity index (χ1) is 9.12. The maximum Gasteiger partial charge on any atom is 0.332 e. The maximum atomic E-state index is 10.9. The minimum Gasteiger partial charge on any atom is -0.479 e. The van der Waals surface area contributed by atoms with Gasteiger partial charge in [0, 0.05) is 19.6 Å². The van der Waals surface area contributed by atoms with Crippen LogP contribution in [0.4, 0.5) is 0 Å². The van der Waals surface area contributed by atoms with Gasteiger partial charge in [0.25, 0.3) is 0 Å². The molecule has 0 aromatic heterocycles. The zero-order valence-electron chi connectivity index (χ0n) is 11.9. The van der Waals surface area contributed by atoms with E-state index in [0.717, 1.165) is 38.9 Å². The molecule has 110 valence electrons. The van der Waals surface area contributed by atoms with Crippen LogP contribution < -0.4 is 0 Å². The SMILES string of the molecule is CCC1CN(C[C@@H]2CC[C@H](C(=O)O)O2)CC(CC)O1. The fourth-order valence-electron chi connectivity index (χ4n) is 2.92. The third kappa shape index (κ3) is 3.91. The van der Waals surface area contributed by atoms with Crippen molar-refractivity contribution in [2.45, 2.75) is 63.9 Å². The molecule has 2 unspecified atom stereocenters. The molecule has 2 aliphatic heterocycles. The maximum absolute atomic E-state index is 10.9. The highest BCUT2D eigenvalue weighted by Gasteiger charge is 2.33. The summed E-state index contributed by atoms with van der Waals surface area (Å²) in [6.45, 7) is 7.00. The molecular weight excluding hydrogens is 246 g/mol. The summed E-state index contributed by atoms with van der Waals surface area (Å²) in [7, 11) is 0. The van der Waals surface area contributed by atoms with Gasteiger partial charge in [0.15, 0.2) is 6.10 Å². The molecule has 2 saturated heterocycles. The molecule has 19 heavy (non-hydrogen) atoms. The van der Waals surface area contributed by atoms with Crippen LogP contribution in [0.15, 0.2) is 0 Å². The fraction of sp³-hybridized carbons (Fsp3) is 0.929. The highest BCUT2D eigenvalue weighted by molar-refractivity contribution is 5.72. The number of hydrogen-bond donors (Lipinski definition) is 1. The number of rotatable bonds is 5. The van der Waals surface area contributed by atoms with Gasteiger partial charge in [-0.1, -0.05) is 13.8 Å². The van der Waals surface area contributed by atoms with Gasteiger partial charge in [-0.3, -0.25) is 4.90 Å². The lowest BCUT2D eigenvalue weighted by Crippen LogP contribution is -2.49. The monoisotopic (exact) mass is 271 g/mol. The lowest BCUT2D eigenvalue weighted by atomic mass is 10.1. The Labute approximate surface area is 114 Å². The fourth-order valence-corrected chi connectivity index (χ4v) is 2.92. The Hall–Kier alpha value is -0.650. The van der Waals surface area contributed by atoms with Gasteiger partial charge in [-0.25, -0.2) is 4.79 Å². The van der Waals surface area contributed by atoms with Gasteiger partial charge in [-0.15, -0.1) is 0 Å². The third-order valence-electron chi connectivity index (χ3n) is 4.06. The zero-order valence-corrected chi connectivity index (χ0v) is 11.9.